The highest BCUT2D eigenvalue weighted by Gasteiger charge is 2.41. The minimum Gasteiger partial charge on any atom is -0.207 e. The highest BCUT2D eigenvalue weighted by atomic mass is 35.5. The third kappa shape index (κ3) is 3.68. The molecule has 0 spiro atoms. The van der Waals surface area contributed by atoms with Gasteiger partial charge in [-0.2, -0.15) is 4.31 Å². The minimum atomic E-state index is -3.33. The van der Waals surface area contributed by atoms with E-state index >= 15 is 0 Å². The topological polar surface area (TPSA) is 37.4 Å². The fourth-order valence-electron chi connectivity index (χ4n) is 3.01. The summed E-state index contributed by atoms with van der Waals surface area (Å²) < 4.78 is 27.1. The molecular formula is C16H20ClNO2S. The van der Waals surface area contributed by atoms with Crippen molar-refractivity contribution in [2.75, 3.05) is 0 Å². The SMILES string of the molecule is O=S(=O)(/C=C/c1ccc(Cl)cc1)N(C1CCCC1)C1CC1. The Balaban J connectivity index is 1.79. The van der Waals surface area contributed by atoms with Crippen LogP contribution < -0.4 is 0 Å². The van der Waals surface area contributed by atoms with Crippen LogP contribution in [0.2, 0.25) is 5.02 Å². The Morgan fingerprint density at radius 1 is 1.00 bits per heavy atom. The first-order valence-corrected chi connectivity index (χ1v) is 9.41. The summed E-state index contributed by atoms with van der Waals surface area (Å²) in [5.41, 5.74) is 0.852. The van der Waals surface area contributed by atoms with E-state index in [4.69, 9.17) is 11.6 Å². The van der Waals surface area contributed by atoms with Crippen molar-refractivity contribution in [3.63, 3.8) is 0 Å². The van der Waals surface area contributed by atoms with Gasteiger partial charge in [-0.3, -0.25) is 0 Å². The van der Waals surface area contributed by atoms with Crippen molar-refractivity contribution in [3.8, 4) is 0 Å². The molecule has 0 aromatic heterocycles. The Kier molecular flexibility index (Phi) is 4.38. The summed E-state index contributed by atoms with van der Waals surface area (Å²) in [5.74, 6) is 0. The van der Waals surface area contributed by atoms with Gasteiger partial charge in [0.2, 0.25) is 10.0 Å². The average Bonchev–Trinajstić information content (AvgIpc) is 3.12. The van der Waals surface area contributed by atoms with Gasteiger partial charge in [0, 0.05) is 22.5 Å². The molecule has 3 nitrogen and oxygen atoms in total. The standard InChI is InChI=1S/C16H20ClNO2S/c17-14-7-5-13(6-8-14)11-12-21(19,20)18(16-9-10-16)15-3-1-2-4-15/h5-8,11-12,15-16H,1-4,9-10H2/b12-11+. The number of sulfonamides is 1. The van der Waals surface area contributed by atoms with E-state index in [2.05, 4.69) is 0 Å². The van der Waals surface area contributed by atoms with E-state index in [1.54, 1.807) is 22.5 Å². The molecule has 1 aromatic carbocycles. The van der Waals surface area contributed by atoms with Crippen molar-refractivity contribution in [2.45, 2.75) is 50.6 Å². The Labute approximate surface area is 131 Å². The molecule has 2 aliphatic rings. The van der Waals surface area contributed by atoms with Gasteiger partial charge in [0.25, 0.3) is 0 Å². The van der Waals surface area contributed by atoms with E-state index < -0.39 is 10.0 Å². The Morgan fingerprint density at radius 2 is 1.57 bits per heavy atom. The van der Waals surface area contributed by atoms with Gasteiger partial charge in [-0.15, -0.1) is 0 Å². The van der Waals surface area contributed by atoms with Gasteiger partial charge in [-0.25, -0.2) is 8.42 Å². The second kappa shape index (κ2) is 6.11. The first-order valence-electron chi connectivity index (χ1n) is 7.53. The van der Waals surface area contributed by atoms with Crippen LogP contribution in [0.15, 0.2) is 29.7 Å². The summed E-state index contributed by atoms with van der Waals surface area (Å²) in [6.45, 7) is 0. The molecule has 2 fully saturated rings. The first kappa shape index (κ1) is 15.1. The molecule has 0 amide bonds. The van der Waals surface area contributed by atoms with Crippen LogP contribution in [-0.2, 0) is 10.0 Å². The van der Waals surface area contributed by atoms with Crippen molar-refractivity contribution >= 4 is 27.7 Å². The molecular weight excluding hydrogens is 306 g/mol. The molecule has 114 valence electrons. The monoisotopic (exact) mass is 325 g/mol. The maximum atomic E-state index is 12.7. The number of hydrogen-bond acceptors (Lipinski definition) is 2. The van der Waals surface area contributed by atoms with Crippen LogP contribution in [0.3, 0.4) is 0 Å². The molecule has 3 rings (SSSR count). The molecule has 0 atom stereocenters. The van der Waals surface area contributed by atoms with Crippen molar-refractivity contribution < 1.29 is 8.42 Å². The quantitative estimate of drug-likeness (QED) is 0.819. The highest BCUT2D eigenvalue weighted by Crippen LogP contribution is 2.37. The van der Waals surface area contributed by atoms with Gasteiger partial charge in [-0.05, 0) is 49.5 Å². The van der Waals surface area contributed by atoms with Crippen LogP contribution in [0.1, 0.15) is 44.1 Å². The fraction of sp³-hybridized carbons (Fsp3) is 0.500. The molecule has 0 saturated heterocycles. The molecule has 0 bridgehead atoms. The lowest BCUT2D eigenvalue weighted by Crippen LogP contribution is -2.39. The van der Waals surface area contributed by atoms with E-state index in [1.807, 2.05) is 12.1 Å². The summed E-state index contributed by atoms with van der Waals surface area (Å²) in [6, 6.07) is 7.62. The van der Waals surface area contributed by atoms with Gasteiger partial charge in [0.15, 0.2) is 0 Å². The van der Waals surface area contributed by atoms with Gasteiger partial charge >= 0.3 is 0 Å². The third-order valence-corrected chi connectivity index (χ3v) is 6.10. The Morgan fingerprint density at radius 3 is 2.14 bits per heavy atom. The van der Waals surface area contributed by atoms with E-state index in [9.17, 15) is 8.42 Å². The number of nitrogens with zero attached hydrogens (tertiary/aromatic N) is 1. The van der Waals surface area contributed by atoms with Crippen LogP contribution in [0.25, 0.3) is 6.08 Å². The Bertz CT molecular complexity index is 614. The zero-order chi connectivity index (χ0) is 14.9. The normalized spacial score (nSPS) is 20.7. The average molecular weight is 326 g/mol. The van der Waals surface area contributed by atoms with Gasteiger partial charge < -0.3 is 0 Å². The molecule has 2 aliphatic carbocycles. The zero-order valence-electron chi connectivity index (χ0n) is 11.9. The molecule has 0 aliphatic heterocycles. The third-order valence-electron chi connectivity index (χ3n) is 4.19. The molecule has 0 heterocycles. The predicted molar refractivity (Wildman–Crippen MR) is 86.5 cm³/mol. The van der Waals surface area contributed by atoms with Crippen LogP contribution in [0.5, 0.6) is 0 Å². The minimum absolute atomic E-state index is 0.206. The van der Waals surface area contributed by atoms with E-state index in [-0.39, 0.29) is 12.1 Å². The van der Waals surface area contributed by atoms with E-state index in [1.165, 1.54) is 5.41 Å². The second-order valence-corrected chi connectivity index (χ2v) is 8.06. The van der Waals surface area contributed by atoms with Crippen LogP contribution in [-0.4, -0.2) is 24.8 Å². The summed E-state index contributed by atoms with van der Waals surface area (Å²) in [6.07, 6.45) is 7.97. The number of benzene rings is 1. The van der Waals surface area contributed by atoms with Crippen molar-refractivity contribution in [1.82, 2.24) is 4.31 Å². The summed E-state index contributed by atoms with van der Waals surface area (Å²) in [5, 5.41) is 2.01. The van der Waals surface area contributed by atoms with E-state index in [0.29, 0.717) is 5.02 Å². The van der Waals surface area contributed by atoms with Crippen molar-refractivity contribution in [1.29, 1.82) is 0 Å². The molecule has 0 radical (unpaired) electrons. The van der Waals surface area contributed by atoms with E-state index in [0.717, 1.165) is 44.1 Å². The largest absolute Gasteiger partial charge is 0.236 e. The lowest BCUT2D eigenvalue weighted by molar-refractivity contribution is 0.318. The van der Waals surface area contributed by atoms with Gasteiger partial charge in [0.1, 0.15) is 0 Å². The summed E-state index contributed by atoms with van der Waals surface area (Å²) in [4.78, 5) is 0. The maximum absolute atomic E-state index is 12.7. The molecule has 0 N–H and O–H groups in total. The summed E-state index contributed by atoms with van der Waals surface area (Å²) in [7, 11) is -3.33. The van der Waals surface area contributed by atoms with Crippen molar-refractivity contribution in [2.24, 2.45) is 0 Å². The smallest absolute Gasteiger partial charge is 0.207 e. The molecule has 1 aromatic rings. The second-order valence-electron chi connectivity index (χ2n) is 5.90. The lowest BCUT2D eigenvalue weighted by atomic mass is 10.2. The Hall–Kier alpha value is -0.840. The van der Waals surface area contributed by atoms with Gasteiger partial charge in [0.05, 0.1) is 0 Å². The number of hydrogen-bond donors (Lipinski definition) is 0. The van der Waals surface area contributed by atoms with Crippen LogP contribution >= 0.6 is 11.6 Å². The summed E-state index contributed by atoms with van der Waals surface area (Å²) >= 11 is 5.84. The maximum Gasteiger partial charge on any atom is 0.236 e. The van der Waals surface area contributed by atoms with Crippen LogP contribution in [0, 0.1) is 0 Å². The highest BCUT2D eigenvalue weighted by molar-refractivity contribution is 7.92. The fourth-order valence-corrected chi connectivity index (χ4v) is 4.86. The van der Waals surface area contributed by atoms with Gasteiger partial charge in [-0.1, -0.05) is 36.6 Å². The molecule has 21 heavy (non-hydrogen) atoms. The number of rotatable bonds is 5. The molecule has 5 heteroatoms. The predicted octanol–water partition coefficient (Wildman–Crippen LogP) is 4.05. The molecule has 0 unspecified atom stereocenters. The lowest BCUT2D eigenvalue weighted by Gasteiger charge is -2.26. The first-order chi connectivity index (χ1) is 10.1. The van der Waals surface area contributed by atoms with Crippen molar-refractivity contribution in [3.05, 3.63) is 40.3 Å². The molecule has 2 saturated carbocycles. The zero-order valence-corrected chi connectivity index (χ0v) is 13.5. The number of halogens is 1. The van der Waals surface area contributed by atoms with Crippen LogP contribution in [0.4, 0.5) is 0 Å².